The van der Waals surface area contributed by atoms with Crippen LogP contribution in [0.5, 0.6) is 0 Å². The number of rotatable bonds is 6. The minimum Gasteiger partial charge on any atom is -0.369 e. The number of primary amides is 1. The van der Waals surface area contributed by atoms with Crippen molar-refractivity contribution >= 4 is 23.3 Å². The zero-order valence-electron chi connectivity index (χ0n) is 21.8. The molecule has 1 aromatic carbocycles. The number of piperazine rings is 1. The lowest BCUT2D eigenvalue weighted by molar-refractivity contribution is -0.138. The standard InChI is InChI=1S/C27H40N4O4/c1-6-29-9-11-30(12-10-29)18-7-8-19(25(28)33)20(13-18)21(14-27(3,4)5)26(34)31-15-17(2)24-23(31)22(32)16-35-24/h7-8,13,17,21,23-24H,6,9-12,14-16H2,1-5H3,(H2,28,33)/t17-,21+,23-,24-/m1/s1. The van der Waals surface area contributed by atoms with Crippen LogP contribution in [-0.4, -0.2) is 85.4 Å². The third kappa shape index (κ3) is 5.23. The molecule has 8 nitrogen and oxygen atoms in total. The van der Waals surface area contributed by atoms with E-state index in [4.69, 9.17) is 10.5 Å². The van der Waals surface area contributed by atoms with Gasteiger partial charge in [0.1, 0.15) is 12.6 Å². The second-order valence-electron chi connectivity index (χ2n) is 11.5. The molecule has 8 heteroatoms. The Balaban J connectivity index is 1.72. The van der Waals surface area contributed by atoms with Crippen LogP contribution >= 0.6 is 0 Å². The second-order valence-corrected chi connectivity index (χ2v) is 11.5. The van der Waals surface area contributed by atoms with Gasteiger partial charge >= 0.3 is 0 Å². The first-order valence-corrected chi connectivity index (χ1v) is 12.9. The maximum atomic E-state index is 14.1. The largest absolute Gasteiger partial charge is 0.369 e. The molecule has 0 unspecified atom stereocenters. The molecule has 192 valence electrons. The van der Waals surface area contributed by atoms with Crippen molar-refractivity contribution in [1.82, 2.24) is 9.80 Å². The highest BCUT2D eigenvalue weighted by Gasteiger charge is 2.52. The van der Waals surface area contributed by atoms with Crippen molar-refractivity contribution in [3.63, 3.8) is 0 Å². The van der Waals surface area contributed by atoms with Crippen LogP contribution in [-0.2, 0) is 14.3 Å². The zero-order chi connectivity index (χ0) is 25.5. The van der Waals surface area contributed by atoms with Crippen molar-refractivity contribution in [2.45, 2.75) is 59.1 Å². The van der Waals surface area contributed by atoms with E-state index in [1.165, 1.54) is 0 Å². The van der Waals surface area contributed by atoms with Gasteiger partial charge in [0.2, 0.25) is 11.8 Å². The minimum absolute atomic E-state index is 0.0418. The van der Waals surface area contributed by atoms with E-state index in [1.54, 1.807) is 11.0 Å². The van der Waals surface area contributed by atoms with Crippen LogP contribution < -0.4 is 10.6 Å². The third-order valence-corrected chi connectivity index (χ3v) is 7.70. The van der Waals surface area contributed by atoms with Gasteiger partial charge in [0.05, 0.1) is 12.0 Å². The van der Waals surface area contributed by atoms with Gasteiger partial charge in [0, 0.05) is 49.9 Å². The molecule has 2 N–H and O–H groups in total. The van der Waals surface area contributed by atoms with E-state index in [0.717, 1.165) is 38.4 Å². The summed E-state index contributed by atoms with van der Waals surface area (Å²) < 4.78 is 5.72. The van der Waals surface area contributed by atoms with E-state index < -0.39 is 17.9 Å². The summed E-state index contributed by atoms with van der Waals surface area (Å²) in [6.07, 6.45) is 0.287. The van der Waals surface area contributed by atoms with E-state index in [9.17, 15) is 14.4 Å². The van der Waals surface area contributed by atoms with E-state index in [2.05, 4.69) is 37.5 Å². The Morgan fingerprint density at radius 3 is 2.46 bits per heavy atom. The fraction of sp³-hybridized carbons (Fsp3) is 0.667. The summed E-state index contributed by atoms with van der Waals surface area (Å²) in [7, 11) is 0. The van der Waals surface area contributed by atoms with E-state index in [0.29, 0.717) is 24.1 Å². The number of ketones is 1. The number of anilines is 1. The maximum absolute atomic E-state index is 14.1. The molecule has 3 aliphatic heterocycles. The molecule has 1 aromatic rings. The molecule has 4 rings (SSSR count). The van der Waals surface area contributed by atoms with Crippen molar-refractivity contribution in [1.29, 1.82) is 0 Å². The number of fused-ring (bicyclic) bond motifs is 1. The lowest BCUT2D eigenvalue weighted by atomic mass is 9.79. The predicted molar refractivity (Wildman–Crippen MR) is 136 cm³/mol. The highest BCUT2D eigenvalue weighted by atomic mass is 16.5. The Morgan fingerprint density at radius 1 is 1.17 bits per heavy atom. The van der Waals surface area contributed by atoms with Crippen molar-refractivity contribution in [2.24, 2.45) is 17.1 Å². The predicted octanol–water partition coefficient (Wildman–Crippen LogP) is 2.26. The highest BCUT2D eigenvalue weighted by Crippen LogP contribution is 2.40. The van der Waals surface area contributed by atoms with E-state index >= 15 is 0 Å². The lowest BCUT2D eigenvalue weighted by Crippen LogP contribution is -2.46. The molecule has 0 aliphatic carbocycles. The molecule has 2 amide bonds. The van der Waals surface area contributed by atoms with E-state index in [1.807, 2.05) is 19.1 Å². The molecule has 3 saturated heterocycles. The fourth-order valence-corrected chi connectivity index (χ4v) is 5.84. The molecule has 0 radical (unpaired) electrons. The first-order valence-electron chi connectivity index (χ1n) is 12.9. The average molecular weight is 485 g/mol. The van der Waals surface area contributed by atoms with Gasteiger partial charge < -0.3 is 25.2 Å². The molecule has 3 heterocycles. The first kappa shape index (κ1) is 25.6. The van der Waals surface area contributed by atoms with Gasteiger partial charge in [-0.25, -0.2) is 0 Å². The number of nitrogens with zero attached hydrogens (tertiary/aromatic N) is 3. The average Bonchev–Trinajstić information content (AvgIpc) is 3.36. The van der Waals surface area contributed by atoms with Crippen LogP contribution in [0.2, 0.25) is 0 Å². The Hall–Kier alpha value is -2.45. The summed E-state index contributed by atoms with van der Waals surface area (Å²) in [6, 6.07) is 5.15. The Morgan fingerprint density at radius 2 is 1.86 bits per heavy atom. The normalized spacial score (nSPS) is 26.2. The van der Waals surface area contributed by atoms with Gasteiger partial charge in [-0.3, -0.25) is 14.4 Å². The topological polar surface area (TPSA) is 96.2 Å². The Bertz CT molecular complexity index is 980. The number of carbonyl (C=O) groups is 3. The van der Waals surface area contributed by atoms with Gasteiger partial charge in [-0.1, -0.05) is 34.6 Å². The van der Waals surface area contributed by atoms with Crippen LogP contribution in [0, 0.1) is 11.3 Å². The van der Waals surface area contributed by atoms with Crippen LogP contribution in [0.4, 0.5) is 5.69 Å². The Labute approximate surface area is 208 Å². The SMILES string of the molecule is CCN1CCN(c2ccc(C(N)=O)c([C@H](CC(C)(C)C)C(=O)N3C[C@@H](C)[C@H]4OCC(=O)[C@H]43)c2)CC1. The molecular weight excluding hydrogens is 444 g/mol. The van der Waals surface area contributed by atoms with E-state index in [-0.39, 0.29) is 35.7 Å². The Kier molecular flexibility index (Phi) is 7.25. The van der Waals surface area contributed by atoms with Crippen LogP contribution in [0.25, 0.3) is 0 Å². The molecule has 35 heavy (non-hydrogen) atoms. The molecule has 0 spiro atoms. The number of likely N-dealkylation sites (N-methyl/N-ethyl adjacent to an activating group) is 1. The number of amides is 2. The summed E-state index contributed by atoms with van der Waals surface area (Å²) in [5.74, 6) is -1.19. The first-order chi connectivity index (χ1) is 16.5. The summed E-state index contributed by atoms with van der Waals surface area (Å²) in [5, 5.41) is 0. The molecule has 4 atom stereocenters. The van der Waals surface area contributed by atoms with Crippen molar-refractivity contribution < 1.29 is 19.1 Å². The highest BCUT2D eigenvalue weighted by molar-refractivity contribution is 5.99. The number of likely N-dealkylation sites (tertiary alicyclic amines) is 1. The second kappa shape index (κ2) is 9.90. The van der Waals surface area contributed by atoms with Gasteiger partial charge in [-0.2, -0.15) is 0 Å². The van der Waals surface area contributed by atoms with Gasteiger partial charge in [0.25, 0.3) is 0 Å². The number of ether oxygens (including phenoxy) is 1. The smallest absolute Gasteiger partial charge is 0.249 e. The molecule has 0 bridgehead atoms. The monoisotopic (exact) mass is 484 g/mol. The number of hydrogen-bond donors (Lipinski definition) is 1. The summed E-state index contributed by atoms with van der Waals surface area (Å²) in [5.41, 5.74) is 7.66. The van der Waals surface area contributed by atoms with Gasteiger partial charge in [-0.15, -0.1) is 0 Å². The van der Waals surface area contributed by atoms with Crippen molar-refractivity contribution in [3.05, 3.63) is 29.3 Å². The molecule has 0 saturated carbocycles. The summed E-state index contributed by atoms with van der Waals surface area (Å²) in [6.45, 7) is 15.7. The molecule has 3 fully saturated rings. The van der Waals surface area contributed by atoms with Gasteiger partial charge in [-0.05, 0) is 42.1 Å². The number of Topliss-reactive ketones (excluding diaryl/α,β-unsaturated/α-hetero) is 1. The quantitative estimate of drug-likeness (QED) is 0.665. The minimum atomic E-state index is -0.575. The van der Waals surface area contributed by atoms with Crippen LogP contribution in [0.1, 0.15) is 62.9 Å². The number of benzene rings is 1. The molecule has 3 aliphatic rings. The summed E-state index contributed by atoms with van der Waals surface area (Å²) >= 11 is 0. The fourth-order valence-electron chi connectivity index (χ4n) is 5.84. The third-order valence-electron chi connectivity index (χ3n) is 7.70. The van der Waals surface area contributed by atoms with Crippen molar-refractivity contribution in [3.8, 4) is 0 Å². The van der Waals surface area contributed by atoms with Gasteiger partial charge in [0.15, 0.2) is 5.78 Å². The lowest BCUT2D eigenvalue weighted by Gasteiger charge is -2.36. The maximum Gasteiger partial charge on any atom is 0.249 e. The number of nitrogens with two attached hydrogens (primary N) is 1. The molecular formula is C27H40N4O4. The molecule has 0 aromatic heterocycles. The number of hydrogen-bond acceptors (Lipinski definition) is 6. The number of carbonyl (C=O) groups excluding carboxylic acids is 3. The van der Waals surface area contributed by atoms with Crippen LogP contribution in [0.3, 0.4) is 0 Å². The summed E-state index contributed by atoms with van der Waals surface area (Å²) in [4.78, 5) is 45.7. The van der Waals surface area contributed by atoms with Crippen LogP contribution in [0.15, 0.2) is 18.2 Å². The van der Waals surface area contributed by atoms with Crippen molar-refractivity contribution in [2.75, 3.05) is 50.8 Å². The zero-order valence-corrected chi connectivity index (χ0v) is 21.8.